The number of fused-ring (bicyclic) bond motifs is 1. The molecule has 5 rings (SSSR count). The lowest BCUT2D eigenvalue weighted by Crippen LogP contribution is -2.41. The maximum absolute atomic E-state index is 12.9. The van der Waals surface area contributed by atoms with Crippen LogP contribution in [0.5, 0.6) is 0 Å². The van der Waals surface area contributed by atoms with Crippen molar-refractivity contribution in [3.63, 3.8) is 0 Å². The van der Waals surface area contributed by atoms with Gasteiger partial charge in [-0.05, 0) is 37.1 Å². The molecule has 1 saturated carbocycles. The van der Waals surface area contributed by atoms with Crippen LogP contribution in [0.25, 0.3) is 5.69 Å². The molecule has 32 heavy (non-hydrogen) atoms. The molecule has 9 heteroatoms. The Balaban J connectivity index is 1.24. The van der Waals surface area contributed by atoms with Crippen molar-refractivity contribution in [3.8, 4) is 5.69 Å². The molecule has 0 radical (unpaired) electrons. The Labute approximate surface area is 183 Å². The van der Waals surface area contributed by atoms with Crippen LogP contribution in [0.3, 0.4) is 0 Å². The van der Waals surface area contributed by atoms with Gasteiger partial charge in [0.25, 0.3) is 11.8 Å². The highest BCUT2D eigenvalue weighted by molar-refractivity contribution is 6.22. The number of carbonyl (C=O) groups excluding carboxylic acids is 3. The van der Waals surface area contributed by atoms with Crippen molar-refractivity contribution in [3.05, 3.63) is 82.0 Å². The molecule has 2 aliphatic rings. The van der Waals surface area contributed by atoms with Gasteiger partial charge in [-0.25, -0.2) is 14.0 Å². The lowest BCUT2D eigenvalue weighted by atomic mass is 10.1. The minimum Gasteiger partial charge on any atom is -0.353 e. The standard InChI is InChI=1S/C23H21N5O4/c29-19(14-26-21(30)17-8-4-5-9-18(17)22(26)31)24-12-13-27-23(32)28(16-6-2-1-3-7-16)20(25-27)15-10-11-15/h1-9,15H,10-14H2,(H,24,29). The van der Waals surface area contributed by atoms with E-state index in [1.165, 1.54) is 4.68 Å². The van der Waals surface area contributed by atoms with E-state index in [1.807, 2.05) is 30.3 Å². The molecule has 3 amide bonds. The maximum atomic E-state index is 12.9. The van der Waals surface area contributed by atoms with Gasteiger partial charge in [-0.15, -0.1) is 0 Å². The molecule has 1 fully saturated rings. The van der Waals surface area contributed by atoms with Crippen LogP contribution in [0.2, 0.25) is 0 Å². The quantitative estimate of drug-likeness (QED) is 0.568. The van der Waals surface area contributed by atoms with Gasteiger partial charge in [-0.2, -0.15) is 5.10 Å². The Morgan fingerprint density at radius 3 is 2.19 bits per heavy atom. The smallest absolute Gasteiger partial charge is 0.350 e. The lowest BCUT2D eigenvalue weighted by molar-refractivity contribution is -0.121. The Bertz CT molecular complexity index is 1240. The minimum absolute atomic E-state index is 0.151. The van der Waals surface area contributed by atoms with E-state index in [-0.39, 0.29) is 31.2 Å². The summed E-state index contributed by atoms with van der Waals surface area (Å²) in [7, 11) is 0. The fraction of sp³-hybridized carbons (Fsp3) is 0.261. The average molecular weight is 431 g/mol. The van der Waals surface area contributed by atoms with Crippen molar-refractivity contribution in [1.29, 1.82) is 0 Å². The first kappa shape index (κ1) is 19.9. The number of benzene rings is 2. The van der Waals surface area contributed by atoms with Crippen LogP contribution in [-0.4, -0.2) is 50.1 Å². The predicted molar refractivity (Wildman–Crippen MR) is 115 cm³/mol. The summed E-state index contributed by atoms with van der Waals surface area (Å²) in [6.07, 6.45) is 2.00. The number of imide groups is 1. The van der Waals surface area contributed by atoms with Crippen LogP contribution in [0.1, 0.15) is 45.3 Å². The highest BCUT2D eigenvalue weighted by Gasteiger charge is 2.36. The second kappa shape index (κ2) is 7.92. The Morgan fingerprint density at radius 1 is 0.938 bits per heavy atom. The third kappa shape index (κ3) is 3.51. The normalized spacial score (nSPS) is 15.2. The number of hydrogen-bond donors (Lipinski definition) is 1. The van der Waals surface area contributed by atoms with E-state index in [2.05, 4.69) is 10.4 Å². The Morgan fingerprint density at radius 2 is 1.56 bits per heavy atom. The molecule has 2 aromatic carbocycles. The van der Waals surface area contributed by atoms with Crippen LogP contribution in [-0.2, 0) is 11.3 Å². The van der Waals surface area contributed by atoms with Gasteiger partial charge in [0.2, 0.25) is 5.91 Å². The summed E-state index contributed by atoms with van der Waals surface area (Å²) < 4.78 is 2.97. The monoisotopic (exact) mass is 431 g/mol. The number of aromatic nitrogens is 3. The molecular weight excluding hydrogens is 410 g/mol. The van der Waals surface area contributed by atoms with Crippen molar-refractivity contribution < 1.29 is 14.4 Å². The van der Waals surface area contributed by atoms with Crippen molar-refractivity contribution in [2.24, 2.45) is 0 Å². The largest absolute Gasteiger partial charge is 0.353 e. The summed E-state index contributed by atoms with van der Waals surface area (Å²) in [4.78, 5) is 51.0. The maximum Gasteiger partial charge on any atom is 0.350 e. The summed E-state index contributed by atoms with van der Waals surface area (Å²) in [5.74, 6) is -0.427. The zero-order chi connectivity index (χ0) is 22.2. The second-order valence-electron chi connectivity index (χ2n) is 7.90. The molecule has 0 unspecified atom stereocenters. The molecule has 162 valence electrons. The Kier molecular flexibility index (Phi) is 4.93. The summed E-state index contributed by atoms with van der Waals surface area (Å²) in [6.45, 7) is -0.0307. The van der Waals surface area contributed by atoms with Gasteiger partial charge in [-0.1, -0.05) is 30.3 Å². The van der Waals surface area contributed by atoms with Crippen LogP contribution >= 0.6 is 0 Å². The molecular formula is C23H21N5O4. The fourth-order valence-electron chi connectivity index (χ4n) is 3.88. The molecule has 0 saturated heterocycles. The summed E-state index contributed by atoms with van der Waals surface area (Å²) >= 11 is 0. The van der Waals surface area contributed by atoms with Gasteiger partial charge in [0.05, 0.1) is 23.4 Å². The Hall–Kier alpha value is -4.01. The molecule has 1 aromatic heterocycles. The van der Waals surface area contributed by atoms with Gasteiger partial charge >= 0.3 is 5.69 Å². The molecule has 1 N–H and O–H groups in total. The highest BCUT2D eigenvalue weighted by Crippen LogP contribution is 2.39. The third-order valence-electron chi connectivity index (χ3n) is 5.65. The summed E-state index contributed by atoms with van der Waals surface area (Å²) in [6, 6.07) is 15.9. The van der Waals surface area contributed by atoms with Crippen molar-refractivity contribution in [2.75, 3.05) is 13.1 Å². The first-order chi connectivity index (χ1) is 15.5. The fourth-order valence-corrected chi connectivity index (χ4v) is 3.88. The van der Waals surface area contributed by atoms with Crippen LogP contribution < -0.4 is 11.0 Å². The molecule has 0 atom stereocenters. The van der Waals surface area contributed by atoms with Crippen molar-refractivity contribution >= 4 is 17.7 Å². The average Bonchev–Trinajstić information content (AvgIpc) is 3.57. The van der Waals surface area contributed by atoms with E-state index in [9.17, 15) is 19.2 Å². The molecule has 2 heterocycles. The van der Waals surface area contributed by atoms with E-state index >= 15 is 0 Å². The number of carbonyl (C=O) groups is 3. The number of nitrogens with zero attached hydrogens (tertiary/aromatic N) is 4. The minimum atomic E-state index is -0.479. The lowest BCUT2D eigenvalue weighted by Gasteiger charge is -2.13. The van der Waals surface area contributed by atoms with Crippen LogP contribution in [0, 0.1) is 0 Å². The summed E-state index contributed by atoms with van der Waals surface area (Å²) in [5, 5.41) is 7.17. The van der Waals surface area contributed by atoms with Gasteiger partial charge in [0, 0.05) is 12.5 Å². The van der Waals surface area contributed by atoms with E-state index in [4.69, 9.17) is 0 Å². The predicted octanol–water partition coefficient (Wildman–Crippen LogP) is 1.32. The molecule has 0 bridgehead atoms. The first-order valence-electron chi connectivity index (χ1n) is 10.5. The summed E-state index contributed by atoms with van der Waals surface area (Å²) in [5.41, 5.74) is 1.11. The third-order valence-corrected chi connectivity index (χ3v) is 5.65. The zero-order valence-electron chi connectivity index (χ0n) is 17.2. The molecule has 3 aromatic rings. The van der Waals surface area contributed by atoms with E-state index in [1.54, 1.807) is 28.8 Å². The van der Waals surface area contributed by atoms with Crippen LogP contribution in [0.4, 0.5) is 0 Å². The number of nitrogens with one attached hydrogen (secondary N) is 1. The van der Waals surface area contributed by atoms with Crippen molar-refractivity contribution in [1.82, 2.24) is 24.6 Å². The van der Waals surface area contributed by atoms with E-state index in [0.29, 0.717) is 11.1 Å². The second-order valence-corrected chi connectivity index (χ2v) is 7.90. The van der Waals surface area contributed by atoms with E-state index in [0.717, 1.165) is 29.3 Å². The molecule has 1 aliphatic carbocycles. The van der Waals surface area contributed by atoms with Gasteiger partial charge in [0.1, 0.15) is 12.4 Å². The molecule has 0 spiro atoms. The van der Waals surface area contributed by atoms with Crippen LogP contribution in [0.15, 0.2) is 59.4 Å². The van der Waals surface area contributed by atoms with E-state index < -0.39 is 17.7 Å². The number of rotatable bonds is 7. The van der Waals surface area contributed by atoms with Gasteiger partial charge in [-0.3, -0.25) is 19.3 Å². The number of amides is 3. The zero-order valence-corrected chi connectivity index (χ0v) is 17.2. The first-order valence-corrected chi connectivity index (χ1v) is 10.5. The molecule has 9 nitrogen and oxygen atoms in total. The van der Waals surface area contributed by atoms with Gasteiger partial charge in [0.15, 0.2) is 0 Å². The SMILES string of the molecule is O=C(CN1C(=O)c2ccccc2C1=O)NCCn1nc(C2CC2)n(-c2ccccc2)c1=O. The van der Waals surface area contributed by atoms with Gasteiger partial charge < -0.3 is 5.32 Å². The van der Waals surface area contributed by atoms with Crippen molar-refractivity contribution in [2.45, 2.75) is 25.3 Å². The topological polar surface area (TPSA) is 106 Å². The number of para-hydroxylation sites is 1. The number of hydrogen-bond acceptors (Lipinski definition) is 5. The molecule has 1 aliphatic heterocycles. The highest BCUT2D eigenvalue weighted by atomic mass is 16.2.